The first-order chi connectivity index (χ1) is 18.4. The monoisotopic (exact) mass is 537 g/mol. The van der Waals surface area contributed by atoms with Crippen LogP contribution in [-0.4, -0.2) is 52.6 Å². The molecule has 0 spiro atoms. The molecule has 1 aliphatic heterocycles. The lowest BCUT2D eigenvalue weighted by atomic mass is 10.1. The van der Waals surface area contributed by atoms with Gasteiger partial charge in [-0.15, -0.1) is 0 Å². The van der Waals surface area contributed by atoms with Gasteiger partial charge in [-0.05, 0) is 74.7 Å². The molecule has 2 N–H and O–H groups in total. The third-order valence-electron chi connectivity index (χ3n) is 6.86. The van der Waals surface area contributed by atoms with Crippen LogP contribution in [0.4, 0.5) is 20.7 Å². The summed E-state index contributed by atoms with van der Waals surface area (Å²) >= 11 is 0. The summed E-state index contributed by atoms with van der Waals surface area (Å²) in [4.78, 5) is 24.6. The van der Waals surface area contributed by atoms with Gasteiger partial charge in [-0.25, -0.2) is 19.2 Å². The van der Waals surface area contributed by atoms with Crippen LogP contribution in [0.1, 0.15) is 38.8 Å². The Kier molecular flexibility index (Phi) is 7.71. The zero-order valence-corrected chi connectivity index (χ0v) is 22.4. The molecule has 1 aliphatic carbocycles. The molecule has 2 aliphatic rings. The summed E-state index contributed by atoms with van der Waals surface area (Å²) in [6.45, 7) is 6.59. The van der Waals surface area contributed by atoms with E-state index in [0.717, 1.165) is 36.3 Å². The van der Waals surface area contributed by atoms with Gasteiger partial charge in [-0.1, -0.05) is 6.92 Å². The average molecular weight is 538 g/mol. The van der Waals surface area contributed by atoms with Gasteiger partial charge in [0.1, 0.15) is 11.6 Å². The normalized spacial score (nSPS) is 19.0. The number of urea groups is 1. The van der Waals surface area contributed by atoms with Gasteiger partial charge in [0.05, 0.1) is 40.5 Å². The third kappa shape index (κ3) is 5.56. The summed E-state index contributed by atoms with van der Waals surface area (Å²) in [6.07, 6.45) is 2.31. The number of anilines is 2. The molecule has 8 nitrogen and oxygen atoms in total. The predicted molar refractivity (Wildman–Crippen MR) is 146 cm³/mol. The fourth-order valence-corrected chi connectivity index (χ4v) is 6.16. The standard InChI is InChI=1S/C28H32FN5O3S/c1-3-14-30-27(35)31-22-8-4-20(5-9-22)26-32-24(17-25(33-26)34-15-16-37-18-19(34)2)28(12-13-28)38(36)23-10-6-21(29)7-11-23/h4-11,17,19H,3,12-16,18H2,1-2H3,(H2,30,31,35)/t19-,38?/m0/s1. The SMILES string of the molecule is CCCNC(=O)Nc1ccc(-c2nc(N3CCOC[C@@H]3C)cc(C3(S(=O)c4ccc(F)cc4)CC3)n2)cc1. The van der Waals surface area contributed by atoms with Crippen molar-refractivity contribution in [2.45, 2.75) is 48.8 Å². The molecule has 1 saturated carbocycles. The van der Waals surface area contributed by atoms with Crippen molar-refractivity contribution in [3.8, 4) is 11.4 Å². The van der Waals surface area contributed by atoms with E-state index in [1.165, 1.54) is 12.1 Å². The van der Waals surface area contributed by atoms with Gasteiger partial charge in [0.25, 0.3) is 0 Å². The highest BCUT2D eigenvalue weighted by atomic mass is 32.2. The van der Waals surface area contributed by atoms with Gasteiger partial charge in [-0.2, -0.15) is 0 Å². The maximum atomic E-state index is 13.7. The molecular formula is C28H32FN5O3S. The van der Waals surface area contributed by atoms with E-state index in [-0.39, 0.29) is 17.9 Å². The number of nitrogens with one attached hydrogen (secondary N) is 2. The van der Waals surface area contributed by atoms with Crippen LogP contribution >= 0.6 is 0 Å². The van der Waals surface area contributed by atoms with Gasteiger partial charge in [0.2, 0.25) is 0 Å². The van der Waals surface area contributed by atoms with Gasteiger partial charge in [0, 0.05) is 35.3 Å². The Morgan fingerprint density at radius 3 is 2.55 bits per heavy atom. The van der Waals surface area contributed by atoms with Crippen molar-refractivity contribution in [2.75, 3.05) is 36.5 Å². The topological polar surface area (TPSA) is 96.5 Å². The molecule has 1 aromatic heterocycles. The number of halogens is 1. The Morgan fingerprint density at radius 2 is 1.89 bits per heavy atom. The molecule has 3 aromatic rings. The highest BCUT2D eigenvalue weighted by molar-refractivity contribution is 7.86. The highest BCUT2D eigenvalue weighted by Gasteiger charge is 2.52. The molecule has 2 amide bonds. The minimum Gasteiger partial charge on any atom is -0.377 e. The number of ether oxygens (including phenoxy) is 1. The van der Waals surface area contributed by atoms with Gasteiger partial charge in [0.15, 0.2) is 5.82 Å². The van der Waals surface area contributed by atoms with E-state index < -0.39 is 15.5 Å². The van der Waals surface area contributed by atoms with E-state index in [0.29, 0.717) is 42.7 Å². The van der Waals surface area contributed by atoms with Crippen molar-refractivity contribution in [1.82, 2.24) is 15.3 Å². The number of carbonyl (C=O) groups is 1. The molecule has 0 radical (unpaired) electrons. The van der Waals surface area contributed by atoms with Crippen LogP contribution < -0.4 is 15.5 Å². The van der Waals surface area contributed by atoms with Crippen molar-refractivity contribution in [3.63, 3.8) is 0 Å². The van der Waals surface area contributed by atoms with Crippen LogP contribution in [0.3, 0.4) is 0 Å². The quantitative estimate of drug-likeness (QED) is 0.427. The fourth-order valence-electron chi connectivity index (χ4n) is 4.56. The first-order valence-corrected chi connectivity index (χ1v) is 14.1. The van der Waals surface area contributed by atoms with Crippen LogP contribution in [0.5, 0.6) is 0 Å². The Labute approximate surface area is 224 Å². The molecule has 2 fully saturated rings. The first kappa shape index (κ1) is 26.2. The Balaban J connectivity index is 1.49. The Morgan fingerprint density at radius 1 is 1.16 bits per heavy atom. The van der Waals surface area contributed by atoms with Crippen molar-refractivity contribution < 1.29 is 18.1 Å². The number of benzene rings is 2. The van der Waals surface area contributed by atoms with Crippen molar-refractivity contribution in [2.24, 2.45) is 0 Å². The maximum Gasteiger partial charge on any atom is 0.319 e. The second kappa shape index (κ2) is 11.2. The number of carbonyl (C=O) groups excluding carboxylic acids is 1. The van der Waals surface area contributed by atoms with E-state index in [1.54, 1.807) is 12.1 Å². The summed E-state index contributed by atoms with van der Waals surface area (Å²) in [7, 11) is -1.40. The van der Waals surface area contributed by atoms with Crippen molar-refractivity contribution in [3.05, 3.63) is 66.1 Å². The van der Waals surface area contributed by atoms with Crippen LogP contribution in [0.15, 0.2) is 59.5 Å². The molecular weight excluding hydrogens is 505 g/mol. The van der Waals surface area contributed by atoms with Crippen molar-refractivity contribution in [1.29, 1.82) is 0 Å². The number of nitrogens with zero attached hydrogens (tertiary/aromatic N) is 3. The lowest BCUT2D eigenvalue weighted by Crippen LogP contribution is -2.44. The predicted octanol–water partition coefficient (Wildman–Crippen LogP) is 4.84. The summed E-state index contributed by atoms with van der Waals surface area (Å²) in [6, 6.07) is 15.1. The largest absolute Gasteiger partial charge is 0.377 e. The number of amides is 2. The second-order valence-electron chi connectivity index (χ2n) is 9.73. The molecule has 2 atom stereocenters. The number of rotatable bonds is 8. The van der Waals surface area contributed by atoms with Crippen LogP contribution in [0, 0.1) is 5.82 Å². The van der Waals surface area contributed by atoms with Gasteiger partial charge in [-0.3, -0.25) is 4.21 Å². The lowest BCUT2D eigenvalue weighted by molar-refractivity contribution is 0.0985. The molecule has 2 aromatic carbocycles. The molecule has 1 saturated heterocycles. The minimum atomic E-state index is -1.40. The van der Waals surface area contributed by atoms with E-state index in [4.69, 9.17) is 14.7 Å². The third-order valence-corrected chi connectivity index (χ3v) is 8.89. The summed E-state index contributed by atoms with van der Waals surface area (Å²) in [5.41, 5.74) is 2.17. The minimum absolute atomic E-state index is 0.130. The molecule has 38 heavy (non-hydrogen) atoms. The highest BCUT2D eigenvalue weighted by Crippen LogP contribution is 2.53. The van der Waals surface area contributed by atoms with Gasteiger partial charge < -0.3 is 20.3 Å². The van der Waals surface area contributed by atoms with Crippen LogP contribution in [0.2, 0.25) is 0 Å². The zero-order valence-electron chi connectivity index (χ0n) is 21.6. The zero-order chi connectivity index (χ0) is 26.7. The maximum absolute atomic E-state index is 13.7. The van der Waals surface area contributed by atoms with Crippen LogP contribution in [-0.2, 0) is 20.3 Å². The Bertz CT molecular complexity index is 1320. The van der Waals surface area contributed by atoms with Crippen molar-refractivity contribution >= 4 is 28.3 Å². The molecule has 200 valence electrons. The molecule has 10 heteroatoms. The summed E-state index contributed by atoms with van der Waals surface area (Å²) < 4.78 is 32.2. The fraction of sp³-hybridized carbons (Fsp3) is 0.393. The van der Waals surface area contributed by atoms with E-state index >= 15 is 0 Å². The number of hydrogen-bond donors (Lipinski definition) is 2. The second-order valence-corrected chi connectivity index (χ2v) is 11.5. The molecule has 2 heterocycles. The average Bonchev–Trinajstić information content (AvgIpc) is 3.75. The van der Waals surface area contributed by atoms with E-state index in [1.807, 2.05) is 37.3 Å². The van der Waals surface area contributed by atoms with Crippen LogP contribution in [0.25, 0.3) is 11.4 Å². The molecule has 5 rings (SSSR count). The lowest BCUT2D eigenvalue weighted by Gasteiger charge is -2.34. The number of aromatic nitrogens is 2. The van der Waals surface area contributed by atoms with E-state index in [9.17, 15) is 13.4 Å². The molecule has 0 bridgehead atoms. The van der Waals surface area contributed by atoms with E-state index in [2.05, 4.69) is 22.5 Å². The first-order valence-electron chi connectivity index (χ1n) is 13.0. The number of hydrogen-bond acceptors (Lipinski definition) is 6. The Hall–Kier alpha value is -3.37. The summed E-state index contributed by atoms with van der Waals surface area (Å²) in [5.74, 6) is 0.939. The summed E-state index contributed by atoms with van der Waals surface area (Å²) in [5, 5.41) is 5.62. The van der Waals surface area contributed by atoms with Gasteiger partial charge >= 0.3 is 6.03 Å². The number of morpholine rings is 1. The molecule has 1 unspecified atom stereocenters. The smallest absolute Gasteiger partial charge is 0.319 e.